The maximum Gasteiger partial charge on any atom is 0.145 e. The number of nitrogens with zero attached hydrogens (tertiary/aromatic N) is 2. The van der Waals surface area contributed by atoms with Crippen LogP contribution in [0.3, 0.4) is 0 Å². The van der Waals surface area contributed by atoms with Gasteiger partial charge in [-0.25, -0.2) is 0 Å². The molecule has 0 aliphatic carbocycles. The van der Waals surface area contributed by atoms with Crippen LogP contribution in [0.25, 0.3) is 16.8 Å². The fraction of sp³-hybridized carbons (Fsp3) is 0.0625. The fourth-order valence-corrected chi connectivity index (χ4v) is 3.78. The summed E-state index contributed by atoms with van der Waals surface area (Å²) in [6.45, 7) is 0. The summed E-state index contributed by atoms with van der Waals surface area (Å²) in [5.41, 5.74) is 4.90. The molecule has 1 aliphatic heterocycles. The van der Waals surface area contributed by atoms with Crippen molar-refractivity contribution in [2.45, 2.75) is 0 Å². The van der Waals surface area contributed by atoms with Gasteiger partial charge in [0.15, 0.2) is 0 Å². The molecule has 0 atom stereocenters. The lowest BCUT2D eigenvalue weighted by molar-refractivity contribution is 0.320. The van der Waals surface area contributed by atoms with Crippen LogP contribution in [0.1, 0.15) is 10.6 Å². The van der Waals surface area contributed by atoms with Crippen molar-refractivity contribution < 1.29 is 9.94 Å². The molecule has 1 N–H and O–H groups in total. The molecule has 1 aliphatic rings. The first-order chi connectivity index (χ1) is 10.3. The lowest BCUT2D eigenvalue weighted by Gasteiger charge is -2.06. The first kappa shape index (κ1) is 12.2. The Hall–Kier alpha value is -2.53. The maximum atomic E-state index is 9.29. The molecule has 0 unspecified atom stereocenters. The number of benzene rings is 1. The molecule has 0 radical (unpaired) electrons. The van der Waals surface area contributed by atoms with Gasteiger partial charge in [0.1, 0.15) is 11.5 Å². The van der Waals surface area contributed by atoms with Gasteiger partial charge in [0.2, 0.25) is 0 Å². The normalized spacial score (nSPS) is 14.2. The second-order valence-electron chi connectivity index (χ2n) is 4.77. The molecule has 4 nitrogen and oxygen atoms in total. The van der Waals surface area contributed by atoms with Crippen molar-refractivity contribution in [2.24, 2.45) is 5.16 Å². The SMILES string of the molecule is COc1ccc(-c2csc3c2-n2cccc2/C3=N/O)cc1. The monoisotopic (exact) mass is 296 g/mol. The summed E-state index contributed by atoms with van der Waals surface area (Å²) < 4.78 is 7.27. The molecule has 104 valence electrons. The van der Waals surface area contributed by atoms with Crippen LogP contribution in [0.4, 0.5) is 0 Å². The van der Waals surface area contributed by atoms with E-state index in [1.807, 2.05) is 42.6 Å². The Bertz CT molecular complexity index is 844. The van der Waals surface area contributed by atoms with Gasteiger partial charge in [0.25, 0.3) is 0 Å². The number of thiophene rings is 1. The summed E-state index contributed by atoms with van der Waals surface area (Å²) in [4.78, 5) is 0.999. The van der Waals surface area contributed by atoms with Crippen molar-refractivity contribution in [1.29, 1.82) is 0 Å². The minimum absolute atomic E-state index is 0.639. The Morgan fingerprint density at radius 2 is 2.00 bits per heavy atom. The maximum absolute atomic E-state index is 9.29. The van der Waals surface area contributed by atoms with Gasteiger partial charge in [-0.2, -0.15) is 0 Å². The smallest absolute Gasteiger partial charge is 0.145 e. The van der Waals surface area contributed by atoms with E-state index < -0.39 is 0 Å². The molecule has 0 amide bonds. The fourth-order valence-electron chi connectivity index (χ4n) is 2.72. The Labute approximate surface area is 125 Å². The molecule has 0 bridgehead atoms. The highest BCUT2D eigenvalue weighted by atomic mass is 32.1. The Morgan fingerprint density at radius 1 is 1.19 bits per heavy atom. The van der Waals surface area contributed by atoms with Gasteiger partial charge in [0.05, 0.1) is 23.4 Å². The molecule has 0 spiro atoms. The summed E-state index contributed by atoms with van der Waals surface area (Å²) in [5.74, 6) is 0.838. The van der Waals surface area contributed by atoms with Crippen LogP contribution < -0.4 is 4.74 Å². The minimum atomic E-state index is 0.639. The summed E-state index contributed by atoms with van der Waals surface area (Å²) >= 11 is 1.59. The average Bonchev–Trinajstić information content (AvgIpc) is 3.19. The number of aromatic nitrogens is 1. The first-order valence-corrected chi connectivity index (χ1v) is 7.38. The van der Waals surface area contributed by atoms with E-state index in [0.29, 0.717) is 5.71 Å². The highest BCUT2D eigenvalue weighted by Gasteiger charge is 2.29. The van der Waals surface area contributed by atoms with Gasteiger partial charge >= 0.3 is 0 Å². The molecule has 1 aromatic carbocycles. The van der Waals surface area contributed by atoms with Crippen molar-refractivity contribution >= 4 is 17.0 Å². The van der Waals surface area contributed by atoms with E-state index in [4.69, 9.17) is 4.74 Å². The van der Waals surface area contributed by atoms with E-state index in [1.54, 1.807) is 18.4 Å². The molecular weight excluding hydrogens is 284 g/mol. The van der Waals surface area contributed by atoms with Gasteiger partial charge < -0.3 is 14.5 Å². The summed E-state index contributed by atoms with van der Waals surface area (Å²) in [6, 6.07) is 11.9. The van der Waals surface area contributed by atoms with E-state index in [-0.39, 0.29) is 0 Å². The average molecular weight is 296 g/mol. The molecule has 5 heteroatoms. The van der Waals surface area contributed by atoms with Crippen molar-refractivity contribution in [1.82, 2.24) is 4.57 Å². The largest absolute Gasteiger partial charge is 0.497 e. The van der Waals surface area contributed by atoms with Crippen LogP contribution in [0.5, 0.6) is 5.75 Å². The zero-order valence-corrected chi connectivity index (χ0v) is 12.1. The number of hydrogen-bond acceptors (Lipinski definition) is 4. The molecule has 21 heavy (non-hydrogen) atoms. The van der Waals surface area contributed by atoms with Crippen molar-refractivity contribution in [2.75, 3.05) is 7.11 Å². The van der Waals surface area contributed by atoms with Crippen molar-refractivity contribution in [3.63, 3.8) is 0 Å². The third kappa shape index (κ3) is 1.64. The lowest BCUT2D eigenvalue weighted by Crippen LogP contribution is -1.96. The highest BCUT2D eigenvalue weighted by molar-refractivity contribution is 7.13. The Balaban J connectivity index is 1.91. The van der Waals surface area contributed by atoms with E-state index in [1.165, 1.54) is 0 Å². The topological polar surface area (TPSA) is 46.8 Å². The second kappa shape index (κ2) is 4.49. The molecular formula is C16H12N2O2S. The highest BCUT2D eigenvalue weighted by Crippen LogP contribution is 2.41. The number of rotatable bonds is 2. The zero-order valence-electron chi connectivity index (χ0n) is 11.3. The third-order valence-corrected chi connectivity index (χ3v) is 4.69. The van der Waals surface area contributed by atoms with E-state index in [0.717, 1.165) is 33.1 Å². The number of oxime groups is 1. The van der Waals surface area contributed by atoms with Crippen LogP contribution in [0, 0.1) is 0 Å². The van der Waals surface area contributed by atoms with E-state index >= 15 is 0 Å². The Morgan fingerprint density at radius 3 is 2.71 bits per heavy atom. The molecule has 0 fully saturated rings. The number of hydrogen-bond donors (Lipinski definition) is 1. The minimum Gasteiger partial charge on any atom is -0.497 e. The van der Waals surface area contributed by atoms with Gasteiger partial charge in [-0.05, 0) is 29.8 Å². The summed E-state index contributed by atoms with van der Waals surface area (Å²) in [7, 11) is 1.66. The predicted molar refractivity (Wildman–Crippen MR) is 83.1 cm³/mol. The summed E-state index contributed by atoms with van der Waals surface area (Å²) in [5, 5.41) is 14.9. The third-order valence-electron chi connectivity index (χ3n) is 3.71. The lowest BCUT2D eigenvalue weighted by atomic mass is 10.1. The molecule has 0 saturated carbocycles. The predicted octanol–water partition coefficient (Wildman–Crippen LogP) is 3.75. The standard InChI is InChI=1S/C16H12N2O2S/c1-20-11-6-4-10(5-7-11)12-9-21-16-14(17-19)13-3-2-8-18(13)15(12)16/h2-9,19H,1H3/b17-14-. The van der Waals surface area contributed by atoms with Crippen molar-refractivity contribution in [3.8, 4) is 22.6 Å². The number of methoxy groups -OCH3 is 1. The van der Waals surface area contributed by atoms with Crippen LogP contribution in [-0.4, -0.2) is 22.6 Å². The van der Waals surface area contributed by atoms with E-state index in [9.17, 15) is 5.21 Å². The quantitative estimate of drug-likeness (QED) is 0.452. The van der Waals surface area contributed by atoms with Gasteiger partial charge in [-0.3, -0.25) is 0 Å². The molecule has 3 heterocycles. The van der Waals surface area contributed by atoms with Gasteiger partial charge in [-0.1, -0.05) is 17.3 Å². The Kier molecular flexibility index (Phi) is 2.62. The van der Waals surface area contributed by atoms with E-state index in [2.05, 4.69) is 15.1 Å². The summed E-state index contributed by atoms with van der Waals surface area (Å²) in [6.07, 6.45) is 1.99. The first-order valence-electron chi connectivity index (χ1n) is 6.50. The number of ether oxygens (including phenoxy) is 1. The second-order valence-corrected chi connectivity index (χ2v) is 5.65. The van der Waals surface area contributed by atoms with Gasteiger partial charge in [0, 0.05) is 17.1 Å². The zero-order chi connectivity index (χ0) is 14.4. The van der Waals surface area contributed by atoms with Crippen LogP contribution in [0.2, 0.25) is 0 Å². The van der Waals surface area contributed by atoms with Crippen LogP contribution in [0.15, 0.2) is 53.1 Å². The van der Waals surface area contributed by atoms with Crippen LogP contribution >= 0.6 is 11.3 Å². The molecule has 0 saturated heterocycles. The van der Waals surface area contributed by atoms with Crippen molar-refractivity contribution in [3.05, 3.63) is 58.5 Å². The number of fused-ring (bicyclic) bond motifs is 3. The van der Waals surface area contributed by atoms with Crippen LogP contribution in [-0.2, 0) is 0 Å². The van der Waals surface area contributed by atoms with Gasteiger partial charge in [-0.15, -0.1) is 11.3 Å². The molecule has 3 aromatic rings. The molecule has 4 rings (SSSR count). The molecule has 2 aromatic heterocycles.